The summed E-state index contributed by atoms with van der Waals surface area (Å²) in [5, 5.41) is 8.20. The molecule has 0 saturated carbocycles. The molecule has 1 fully saturated rings. The summed E-state index contributed by atoms with van der Waals surface area (Å²) in [5.41, 5.74) is 0.494. The molecule has 148 valence electrons. The Kier molecular flexibility index (Phi) is 4.35. The van der Waals surface area contributed by atoms with Crippen LogP contribution in [0.2, 0.25) is 0 Å². The van der Waals surface area contributed by atoms with E-state index in [4.69, 9.17) is 0 Å². The van der Waals surface area contributed by atoms with Gasteiger partial charge in [0, 0.05) is 31.5 Å². The largest absolute Gasteiger partial charge is 0.433 e. The van der Waals surface area contributed by atoms with Crippen molar-refractivity contribution in [2.45, 2.75) is 38.4 Å². The van der Waals surface area contributed by atoms with Crippen molar-refractivity contribution in [1.29, 1.82) is 0 Å². The lowest BCUT2D eigenvalue weighted by Crippen LogP contribution is -2.30. The lowest BCUT2D eigenvalue weighted by atomic mass is 10.1. The lowest BCUT2D eigenvalue weighted by molar-refractivity contribution is -0.142. The van der Waals surface area contributed by atoms with E-state index in [0.717, 1.165) is 17.0 Å². The van der Waals surface area contributed by atoms with E-state index >= 15 is 0 Å². The van der Waals surface area contributed by atoms with E-state index in [9.17, 15) is 18.0 Å². The van der Waals surface area contributed by atoms with Crippen molar-refractivity contribution < 1.29 is 18.0 Å². The third-order valence-electron chi connectivity index (χ3n) is 4.96. The van der Waals surface area contributed by atoms with E-state index < -0.39 is 11.9 Å². The molecule has 10 heteroatoms. The summed E-state index contributed by atoms with van der Waals surface area (Å²) in [7, 11) is 1.72. The number of nitrogens with zero attached hydrogens (tertiary/aromatic N) is 6. The van der Waals surface area contributed by atoms with Gasteiger partial charge in [0.15, 0.2) is 5.65 Å². The highest BCUT2D eigenvalue weighted by molar-refractivity contribution is 5.94. The molecule has 7 nitrogen and oxygen atoms in total. The van der Waals surface area contributed by atoms with Crippen molar-refractivity contribution >= 4 is 11.6 Å². The first kappa shape index (κ1) is 18.5. The number of hydrogen-bond donors (Lipinski definition) is 0. The molecule has 0 bridgehead atoms. The normalized spacial score (nSPS) is 17.6. The van der Waals surface area contributed by atoms with Crippen LogP contribution in [-0.2, 0) is 19.6 Å². The molecule has 1 saturated heterocycles. The summed E-state index contributed by atoms with van der Waals surface area (Å²) in [6.45, 7) is 2.27. The Morgan fingerprint density at radius 2 is 2.11 bits per heavy atom. The zero-order valence-electron chi connectivity index (χ0n) is 15.4. The fourth-order valence-corrected chi connectivity index (χ4v) is 3.60. The van der Waals surface area contributed by atoms with Crippen molar-refractivity contribution in [2.24, 2.45) is 7.05 Å². The van der Waals surface area contributed by atoms with Gasteiger partial charge in [0.1, 0.15) is 5.69 Å². The van der Waals surface area contributed by atoms with Gasteiger partial charge in [0.2, 0.25) is 0 Å². The number of amides is 1. The van der Waals surface area contributed by atoms with Crippen molar-refractivity contribution in [3.05, 3.63) is 47.2 Å². The number of halogens is 3. The minimum Gasteiger partial charge on any atom is -0.330 e. The molecule has 28 heavy (non-hydrogen) atoms. The van der Waals surface area contributed by atoms with E-state index in [1.54, 1.807) is 31.1 Å². The van der Waals surface area contributed by atoms with Crippen LogP contribution in [0.25, 0.3) is 5.65 Å². The second-order valence-corrected chi connectivity index (χ2v) is 6.88. The Morgan fingerprint density at radius 1 is 1.32 bits per heavy atom. The SMILES string of the molecule is CCc1cc(C(F)(F)F)n2nc([C@@H]3CCCN3C(=O)c3cnn(C)c3)cc2n1. The van der Waals surface area contributed by atoms with Crippen LogP contribution in [0.15, 0.2) is 24.5 Å². The van der Waals surface area contributed by atoms with Gasteiger partial charge in [-0.15, -0.1) is 0 Å². The molecule has 0 spiro atoms. The Hall–Kier alpha value is -2.91. The average Bonchev–Trinajstić information content (AvgIpc) is 3.37. The van der Waals surface area contributed by atoms with Crippen LogP contribution in [0.4, 0.5) is 13.2 Å². The van der Waals surface area contributed by atoms with Crippen LogP contribution in [0, 0.1) is 0 Å². The third kappa shape index (κ3) is 3.12. The zero-order chi connectivity index (χ0) is 20.1. The Labute approximate surface area is 158 Å². The molecule has 0 unspecified atom stereocenters. The van der Waals surface area contributed by atoms with Crippen LogP contribution >= 0.6 is 0 Å². The predicted molar refractivity (Wildman–Crippen MR) is 93.6 cm³/mol. The maximum absolute atomic E-state index is 13.5. The van der Waals surface area contributed by atoms with Crippen LogP contribution < -0.4 is 0 Å². The summed E-state index contributed by atoms with van der Waals surface area (Å²) in [5.74, 6) is -0.203. The second-order valence-electron chi connectivity index (χ2n) is 6.88. The quantitative estimate of drug-likeness (QED) is 0.687. The number of fused-ring (bicyclic) bond motifs is 1. The number of carbonyl (C=O) groups is 1. The van der Waals surface area contributed by atoms with E-state index in [0.29, 0.717) is 36.3 Å². The highest BCUT2D eigenvalue weighted by Gasteiger charge is 2.37. The second kappa shape index (κ2) is 6.61. The molecule has 1 amide bonds. The van der Waals surface area contributed by atoms with Gasteiger partial charge in [-0.25, -0.2) is 9.50 Å². The fraction of sp³-hybridized carbons (Fsp3) is 0.444. The minimum atomic E-state index is -4.55. The number of carbonyl (C=O) groups excluding carboxylic acids is 1. The molecule has 4 rings (SSSR count). The number of likely N-dealkylation sites (tertiary alicyclic amines) is 1. The molecule has 0 N–H and O–H groups in total. The van der Waals surface area contributed by atoms with E-state index in [2.05, 4.69) is 15.2 Å². The van der Waals surface area contributed by atoms with Gasteiger partial charge in [-0.3, -0.25) is 9.48 Å². The number of aromatic nitrogens is 5. The molecule has 1 aliphatic rings. The van der Waals surface area contributed by atoms with Gasteiger partial charge >= 0.3 is 6.18 Å². The first-order valence-corrected chi connectivity index (χ1v) is 9.04. The first-order chi connectivity index (χ1) is 13.3. The molecule has 3 aromatic heterocycles. The predicted octanol–water partition coefficient (Wildman–Crippen LogP) is 3.02. The Bertz CT molecular complexity index is 1040. The van der Waals surface area contributed by atoms with Crippen molar-refractivity contribution in [2.75, 3.05) is 6.54 Å². The van der Waals surface area contributed by atoms with Crippen molar-refractivity contribution in [3.63, 3.8) is 0 Å². The van der Waals surface area contributed by atoms with E-state index in [1.165, 1.54) is 10.9 Å². The van der Waals surface area contributed by atoms with E-state index in [-0.39, 0.29) is 17.6 Å². The summed E-state index contributed by atoms with van der Waals surface area (Å²) in [6, 6.07) is 2.19. The maximum atomic E-state index is 13.5. The molecule has 0 aromatic carbocycles. The van der Waals surface area contributed by atoms with Crippen molar-refractivity contribution in [1.82, 2.24) is 29.3 Å². The molecule has 3 aromatic rings. The van der Waals surface area contributed by atoms with E-state index in [1.807, 2.05) is 0 Å². The monoisotopic (exact) mass is 392 g/mol. The van der Waals surface area contributed by atoms with Gasteiger partial charge in [-0.2, -0.15) is 23.4 Å². The standard InChI is InChI=1S/C18H19F3N6O/c1-3-12-7-15(18(19,20)21)27-16(23-12)8-13(24-27)14-5-4-6-26(14)17(28)11-9-22-25(2)10-11/h7-10,14H,3-6H2,1-2H3/t14-/m0/s1. The first-order valence-electron chi connectivity index (χ1n) is 9.04. The Balaban J connectivity index is 1.75. The van der Waals surface area contributed by atoms with Crippen LogP contribution in [0.1, 0.15) is 53.2 Å². The molecule has 1 aliphatic heterocycles. The van der Waals surface area contributed by atoms with Gasteiger partial charge in [-0.05, 0) is 25.3 Å². The molecule has 0 radical (unpaired) electrons. The molecular formula is C18H19F3N6O. The average molecular weight is 392 g/mol. The highest BCUT2D eigenvalue weighted by atomic mass is 19.4. The molecule has 4 heterocycles. The molecular weight excluding hydrogens is 373 g/mol. The zero-order valence-corrected chi connectivity index (χ0v) is 15.4. The number of aryl methyl sites for hydroxylation is 2. The van der Waals surface area contributed by atoms with Crippen LogP contribution in [0.5, 0.6) is 0 Å². The highest BCUT2D eigenvalue weighted by Crippen LogP contribution is 2.35. The van der Waals surface area contributed by atoms with Gasteiger partial charge in [0.25, 0.3) is 5.91 Å². The van der Waals surface area contributed by atoms with Crippen molar-refractivity contribution in [3.8, 4) is 0 Å². The topological polar surface area (TPSA) is 68.3 Å². The smallest absolute Gasteiger partial charge is 0.330 e. The van der Waals surface area contributed by atoms with Crippen LogP contribution in [-0.4, -0.2) is 41.7 Å². The minimum absolute atomic E-state index is 0.141. The number of alkyl halides is 3. The summed E-state index contributed by atoms with van der Waals surface area (Å²) >= 11 is 0. The summed E-state index contributed by atoms with van der Waals surface area (Å²) < 4.78 is 42.8. The fourth-order valence-electron chi connectivity index (χ4n) is 3.60. The lowest BCUT2D eigenvalue weighted by Gasteiger charge is -2.22. The summed E-state index contributed by atoms with van der Waals surface area (Å²) in [6.07, 6.45) is 0.336. The molecule has 0 aliphatic carbocycles. The summed E-state index contributed by atoms with van der Waals surface area (Å²) in [4.78, 5) is 18.7. The number of hydrogen-bond acceptors (Lipinski definition) is 4. The van der Waals surface area contributed by atoms with Gasteiger partial charge in [-0.1, -0.05) is 6.92 Å². The third-order valence-corrected chi connectivity index (χ3v) is 4.96. The number of rotatable bonds is 3. The maximum Gasteiger partial charge on any atom is 0.433 e. The van der Waals surface area contributed by atoms with Gasteiger partial charge in [0.05, 0.1) is 23.5 Å². The van der Waals surface area contributed by atoms with Crippen LogP contribution in [0.3, 0.4) is 0 Å². The molecule has 1 atom stereocenters. The van der Waals surface area contributed by atoms with Gasteiger partial charge < -0.3 is 4.90 Å². The Morgan fingerprint density at radius 3 is 2.75 bits per heavy atom.